The second-order valence-electron chi connectivity index (χ2n) is 5.77. The first-order chi connectivity index (χ1) is 10.9. The minimum atomic E-state index is -1.29. The van der Waals surface area contributed by atoms with E-state index < -0.39 is 10.9 Å². The Morgan fingerprint density at radius 3 is 2.61 bits per heavy atom. The molecule has 1 heterocycles. The molecule has 1 unspecified atom stereocenters. The van der Waals surface area contributed by atoms with Crippen molar-refractivity contribution in [2.24, 2.45) is 0 Å². The maximum absolute atomic E-state index is 12.7. The van der Waals surface area contributed by atoms with Crippen LogP contribution < -0.4 is 0 Å². The summed E-state index contributed by atoms with van der Waals surface area (Å²) in [6.45, 7) is 2.65. The van der Waals surface area contributed by atoms with Crippen LogP contribution in [0, 0.1) is 10.1 Å². The van der Waals surface area contributed by atoms with Gasteiger partial charge in [-0.2, -0.15) is 0 Å². The van der Waals surface area contributed by atoms with Crippen LogP contribution in [0.3, 0.4) is 0 Å². The van der Waals surface area contributed by atoms with Gasteiger partial charge in [0.15, 0.2) is 0 Å². The topological polar surface area (TPSA) is 101 Å². The van der Waals surface area contributed by atoms with Gasteiger partial charge in [-0.25, -0.2) is 4.79 Å². The van der Waals surface area contributed by atoms with Crippen LogP contribution in [0.15, 0.2) is 18.2 Å². The summed E-state index contributed by atoms with van der Waals surface area (Å²) < 4.78 is 0. The van der Waals surface area contributed by atoms with E-state index in [1.54, 1.807) is 4.90 Å². The van der Waals surface area contributed by atoms with Crippen molar-refractivity contribution in [3.05, 3.63) is 39.4 Å². The van der Waals surface area contributed by atoms with Crippen LogP contribution in [0.1, 0.15) is 59.7 Å². The number of carboxylic acid groups (broad SMARTS) is 1. The minimum absolute atomic E-state index is 0.0691. The van der Waals surface area contributed by atoms with Gasteiger partial charge in [-0.05, 0) is 31.7 Å². The van der Waals surface area contributed by atoms with Gasteiger partial charge in [0, 0.05) is 30.3 Å². The lowest BCUT2D eigenvalue weighted by Crippen LogP contribution is -2.43. The molecule has 0 bridgehead atoms. The quantitative estimate of drug-likeness (QED) is 0.663. The van der Waals surface area contributed by atoms with Gasteiger partial charge in [0.1, 0.15) is 0 Å². The van der Waals surface area contributed by atoms with Gasteiger partial charge in [0.2, 0.25) is 0 Å². The number of hydrogen-bond donors (Lipinski definition) is 1. The van der Waals surface area contributed by atoms with E-state index in [-0.39, 0.29) is 28.8 Å². The zero-order valence-electron chi connectivity index (χ0n) is 13.0. The molecule has 0 radical (unpaired) electrons. The first-order valence-corrected chi connectivity index (χ1v) is 7.77. The number of likely N-dealkylation sites (tertiary alicyclic amines) is 1. The number of nitrogens with zero attached hydrogens (tertiary/aromatic N) is 2. The average molecular weight is 320 g/mol. The molecule has 1 N–H and O–H groups in total. The largest absolute Gasteiger partial charge is 0.478 e. The second kappa shape index (κ2) is 7.21. The van der Waals surface area contributed by atoms with Gasteiger partial charge in [-0.3, -0.25) is 14.9 Å². The summed E-state index contributed by atoms with van der Waals surface area (Å²) in [4.78, 5) is 35.9. The normalized spacial score (nSPS) is 17.8. The van der Waals surface area contributed by atoms with Crippen molar-refractivity contribution < 1.29 is 19.6 Å². The zero-order valence-corrected chi connectivity index (χ0v) is 13.0. The summed E-state index contributed by atoms with van der Waals surface area (Å²) in [7, 11) is 0. The summed E-state index contributed by atoms with van der Waals surface area (Å²) in [5, 5.41) is 20.1. The third-order valence-corrected chi connectivity index (χ3v) is 4.13. The highest BCUT2D eigenvalue weighted by atomic mass is 16.6. The average Bonchev–Trinajstić information content (AvgIpc) is 2.54. The van der Waals surface area contributed by atoms with E-state index in [4.69, 9.17) is 5.11 Å². The lowest BCUT2D eigenvalue weighted by Gasteiger charge is -2.35. The van der Waals surface area contributed by atoms with Crippen molar-refractivity contribution in [1.82, 2.24) is 4.90 Å². The van der Waals surface area contributed by atoms with Gasteiger partial charge < -0.3 is 10.0 Å². The lowest BCUT2D eigenvalue weighted by atomic mass is 9.97. The molecule has 1 fully saturated rings. The molecule has 1 amide bonds. The Balaban J connectivity index is 2.37. The molecule has 1 aliphatic rings. The summed E-state index contributed by atoms with van der Waals surface area (Å²) in [5.41, 5.74) is -0.552. The van der Waals surface area contributed by atoms with Crippen LogP contribution in [0.25, 0.3) is 0 Å². The Morgan fingerprint density at radius 2 is 2.00 bits per heavy atom. The highest BCUT2D eigenvalue weighted by Crippen LogP contribution is 2.25. The third-order valence-electron chi connectivity index (χ3n) is 4.13. The first kappa shape index (κ1) is 16.9. The SMILES string of the molecule is CCCC1CCCCN1C(=O)c1cc(C(=O)O)cc([N+](=O)[O-])c1. The fraction of sp³-hybridized carbons (Fsp3) is 0.500. The molecule has 7 heteroatoms. The molecule has 1 aliphatic heterocycles. The van der Waals surface area contributed by atoms with Crippen molar-refractivity contribution in [3.63, 3.8) is 0 Å². The standard InChI is InChI=1S/C16H20N2O5/c1-2-5-13-6-3-4-7-17(13)15(19)11-8-12(16(20)21)10-14(9-11)18(22)23/h8-10,13H,2-7H2,1H3,(H,20,21). The van der Waals surface area contributed by atoms with E-state index >= 15 is 0 Å². The summed E-state index contributed by atoms with van der Waals surface area (Å²) in [5.74, 6) is -1.61. The number of piperidine rings is 1. The van der Waals surface area contributed by atoms with E-state index in [0.29, 0.717) is 6.54 Å². The van der Waals surface area contributed by atoms with E-state index in [2.05, 4.69) is 0 Å². The fourth-order valence-electron chi connectivity index (χ4n) is 3.03. The first-order valence-electron chi connectivity index (χ1n) is 7.77. The van der Waals surface area contributed by atoms with Crippen molar-refractivity contribution in [3.8, 4) is 0 Å². The molecule has 0 spiro atoms. The predicted octanol–water partition coefficient (Wildman–Crippen LogP) is 3.09. The number of nitro groups is 1. The number of amides is 1. The molecular formula is C16H20N2O5. The third kappa shape index (κ3) is 3.85. The van der Waals surface area contributed by atoms with Gasteiger partial charge >= 0.3 is 5.97 Å². The number of nitro benzene ring substituents is 1. The van der Waals surface area contributed by atoms with Crippen molar-refractivity contribution in [1.29, 1.82) is 0 Å². The number of carbonyl (C=O) groups is 2. The molecule has 0 saturated carbocycles. The van der Waals surface area contributed by atoms with Crippen molar-refractivity contribution in [2.75, 3.05) is 6.54 Å². The number of aromatic carboxylic acids is 1. The molecule has 124 valence electrons. The summed E-state index contributed by atoms with van der Waals surface area (Å²) in [6, 6.07) is 3.47. The molecule has 0 aliphatic carbocycles. The summed E-state index contributed by atoms with van der Waals surface area (Å²) >= 11 is 0. The van der Waals surface area contributed by atoms with Gasteiger partial charge in [0.05, 0.1) is 10.5 Å². The van der Waals surface area contributed by atoms with Crippen LogP contribution >= 0.6 is 0 Å². The molecule has 1 aromatic rings. The molecule has 7 nitrogen and oxygen atoms in total. The number of rotatable bonds is 5. The van der Waals surface area contributed by atoms with Crippen LogP contribution in [-0.2, 0) is 0 Å². The van der Waals surface area contributed by atoms with Crippen LogP contribution in [0.4, 0.5) is 5.69 Å². The number of hydrogen-bond acceptors (Lipinski definition) is 4. The maximum Gasteiger partial charge on any atom is 0.335 e. The Hall–Kier alpha value is -2.44. The Morgan fingerprint density at radius 1 is 1.30 bits per heavy atom. The second-order valence-corrected chi connectivity index (χ2v) is 5.77. The fourth-order valence-corrected chi connectivity index (χ4v) is 3.03. The highest BCUT2D eigenvalue weighted by molar-refractivity contribution is 5.98. The lowest BCUT2D eigenvalue weighted by molar-refractivity contribution is -0.384. The Bertz CT molecular complexity index is 595. The molecule has 1 aromatic carbocycles. The van der Waals surface area contributed by atoms with Crippen LogP contribution in [0.2, 0.25) is 0 Å². The van der Waals surface area contributed by atoms with Gasteiger partial charge in [-0.1, -0.05) is 13.3 Å². The molecule has 2 rings (SSSR count). The number of carboxylic acids is 1. The van der Waals surface area contributed by atoms with E-state index in [1.165, 1.54) is 6.07 Å². The minimum Gasteiger partial charge on any atom is -0.478 e. The molecular weight excluding hydrogens is 300 g/mol. The van der Waals surface area contributed by atoms with E-state index in [1.807, 2.05) is 6.92 Å². The number of benzene rings is 1. The smallest absolute Gasteiger partial charge is 0.335 e. The van der Waals surface area contributed by atoms with E-state index in [9.17, 15) is 19.7 Å². The zero-order chi connectivity index (χ0) is 17.0. The molecule has 1 saturated heterocycles. The molecule has 1 atom stereocenters. The Kier molecular flexibility index (Phi) is 5.31. The monoisotopic (exact) mass is 320 g/mol. The van der Waals surface area contributed by atoms with E-state index in [0.717, 1.165) is 44.2 Å². The van der Waals surface area contributed by atoms with Gasteiger partial charge in [0.25, 0.3) is 11.6 Å². The number of non-ortho nitro benzene ring substituents is 1. The van der Waals surface area contributed by atoms with Gasteiger partial charge in [-0.15, -0.1) is 0 Å². The molecule has 23 heavy (non-hydrogen) atoms. The van der Waals surface area contributed by atoms with Crippen LogP contribution in [-0.4, -0.2) is 39.4 Å². The number of carbonyl (C=O) groups excluding carboxylic acids is 1. The van der Waals surface area contributed by atoms with Crippen molar-refractivity contribution >= 4 is 17.6 Å². The highest BCUT2D eigenvalue weighted by Gasteiger charge is 2.28. The maximum atomic E-state index is 12.7. The summed E-state index contributed by atoms with van der Waals surface area (Å²) in [6.07, 6.45) is 4.70. The van der Waals surface area contributed by atoms with Crippen molar-refractivity contribution in [2.45, 2.75) is 45.1 Å². The molecule has 0 aromatic heterocycles. The predicted molar refractivity (Wildman–Crippen MR) is 83.6 cm³/mol. The Labute approximate surface area is 134 Å². The van der Waals surface area contributed by atoms with Crippen LogP contribution in [0.5, 0.6) is 0 Å².